The molecule has 4 aromatic rings. The summed E-state index contributed by atoms with van der Waals surface area (Å²) in [4.78, 5) is 25.3. The highest BCUT2D eigenvalue weighted by molar-refractivity contribution is 6.99. The Hall–Kier alpha value is -4.20. The molecule has 0 bridgehead atoms. The van der Waals surface area contributed by atoms with Gasteiger partial charge in [0.1, 0.15) is 6.61 Å². The molecule has 210 valence electrons. The van der Waals surface area contributed by atoms with Crippen LogP contribution in [0.4, 0.5) is 4.79 Å². The molecular weight excluding hydrogens is 530 g/mol. The SMILES string of the molecule is CC(C)(C)[Si](OC[C@H](NC(=O)OCC1c2ccccc2-c2ccccc21)C(=O)O)(c1ccccc1)c1ccccc1. The molecule has 1 aliphatic rings. The molecule has 6 nitrogen and oxygen atoms in total. The summed E-state index contributed by atoms with van der Waals surface area (Å²) in [5.41, 5.74) is 4.43. The maximum absolute atomic E-state index is 13.0. The number of benzene rings is 4. The largest absolute Gasteiger partial charge is 0.480 e. The topological polar surface area (TPSA) is 84.9 Å². The van der Waals surface area contributed by atoms with E-state index in [-0.39, 0.29) is 24.2 Å². The molecule has 41 heavy (non-hydrogen) atoms. The number of amides is 1. The van der Waals surface area contributed by atoms with Gasteiger partial charge in [-0.25, -0.2) is 9.59 Å². The number of fused-ring (bicyclic) bond motifs is 3. The number of carboxylic acid groups (broad SMARTS) is 1. The molecule has 0 radical (unpaired) electrons. The molecule has 0 saturated heterocycles. The summed E-state index contributed by atoms with van der Waals surface area (Å²) in [5.74, 6) is -1.30. The van der Waals surface area contributed by atoms with Crippen molar-refractivity contribution in [2.75, 3.05) is 13.2 Å². The molecule has 1 aliphatic carbocycles. The molecular formula is C34H35NO5Si. The Bertz CT molecular complexity index is 1430. The van der Waals surface area contributed by atoms with Gasteiger partial charge < -0.3 is 19.6 Å². The van der Waals surface area contributed by atoms with Gasteiger partial charge in [-0.2, -0.15) is 0 Å². The van der Waals surface area contributed by atoms with Crippen LogP contribution in [-0.2, 0) is 14.0 Å². The first-order chi connectivity index (χ1) is 19.7. The molecule has 0 unspecified atom stereocenters. The zero-order valence-corrected chi connectivity index (χ0v) is 24.5. The number of hydrogen-bond acceptors (Lipinski definition) is 4. The summed E-state index contributed by atoms with van der Waals surface area (Å²) in [6.07, 6.45) is -0.787. The van der Waals surface area contributed by atoms with Crippen LogP contribution in [0, 0.1) is 0 Å². The summed E-state index contributed by atoms with van der Waals surface area (Å²) in [5, 5.41) is 14.4. The molecule has 1 atom stereocenters. The van der Waals surface area contributed by atoms with Crippen molar-refractivity contribution in [1.82, 2.24) is 5.32 Å². The molecule has 0 aromatic heterocycles. The maximum Gasteiger partial charge on any atom is 0.407 e. The fourth-order valence-electron chi connectivity index (χ4n) is 5.93. The van der Waals surface area contributed by atoms with Crippen LogP contribution in [0.3, 0.4) is 0 Å². The Morgan fingerprint density at radius 1 is 0.780 bits per heavy atom. The number of nitrogens with one attached hydrogen (secondary N) is 1. The Morgan fingerprint density at radius 2 is 1.24 bits per heavy atom. The van der Waals surface area contributed by atoms with E-state index in [9.17, 15) is 14.7 Å². The highest BCUT2D eigenvalue weighted by atomic mass is 28.4. The Labute approximate surface area is 242 Å². The number of hydrogen-bond donors (Lipinski definition) is 2. The first kappa shape index (κ1) is 28.3. The quantitative estimate of drug-likeness (QED) is 0.260. The van der Waals surface area contributed by atoms with E-state index in [0.29, 0.717) is 0 Å². The average molecular weight is 566 g/mol. The van der Waals surface area contributed by atoms with Gasteiger partial charge in [0.05, 0.1) is 6.61 Å². The van der Waals surface area contributed by atoms with E-state index in [4.69, 9.17) is 9.16 Å². The van der Waals surface area contributed by atoms with Crippen LogP contribution in [0.5, 0.6) is 0 Å². The molecule has 0 aliphatic heterocycles. The summed E-state index contributed by atoms with van der Waals surface area (Å²) < 4.78 is 12.4. The van der Waals surface area contributed by atoms with Gasteiger partial charge in [0.2, 0.25) is 0 Å². The Morgan fingerprint density at radius 3 is 1.71 bits per heavy atom. The molecule has 0 fully saturated rings. The lowest BCUT2D eigenvalue weighted by Crippen LogP contribution is -2.67. The third-order valence-corrected chi connectivity index (χ3v) is 12.8. The number of rotatable bonds is 9. The lowest BCUT2D eigenvalue weighted by atomic mass is 9.98. The minimum atomic E-state index is -2.98. The van der Waals surface area contributed by atoms with Crippen molar-refractivity contribution in [2.45, 2.75) is 37.8 Å². The van der Waals surface area contributed by atoms with Crippen LogP contribution in [-0.4, -0.2) is 44.7 Å². The molecule has 7 heteroatoms. The first-order valence-electron chi connectivity index (χ1n) is 13.8. The van der Waals surface area contributed by atoms with E-state index < -0.39 is 26.4 Å². The molecule has 0 saturated carbocycles. The molecule has 0 spiro atoms. The van der Waals surface area contributed by atoms with Gasteiger partial charge in [-0.05, 0) is 37.7 Å². The third-order valence-electron chi connectivity index (χ3n) is 7.82. The van der Waals surface area contributed by atoms with E-state index in [1.54, 1.807) is 0 Å². The van der Waals surface area contributed by atoms with Crippen LogP contribution in [0.15, 0.2) is 109 Å². The monoisotopic (exact) mass is 565 g/mol. The predicted molar refractivity (Wildman–Crippen MR) is 163 cm³/mol. The summed E-state index contributed by atoms with van der Waals surface area (Å²) in [6.45, 7) is 6.25. The number of carboxylic acids is 1. The summed E-state index contributed by atoms with van der Waals surface area (Å²) in [6, 6.07) is 34.8. The molecule has 0 heterocycles. The van der Waals surface area contributed by atoms with E-state index in [0.717, 1.165) is 32.6 Å². The number of aliphatic carboxylic acids is 1. The van der Waals surface area contributed by atoms with Crippen molar-refractivity contribution < 1.29 is 23.9 Å². The van der Waals surface area contributed by atoms with Crippen LogP contribution >= 0.6 is 0 Å². The fraction of sp³-hybridized carbons (Fsp3) is 0.235. The van der Waals surface area contributed by atoms with Crippen molar-refractivity contribution in [3.05, 3.63) is 120 Å². The minimum Gasteiger partial charge on any atom is -0.480 e. The molecule has 5 rings (SSSR count). The van der Waals surface area contributed by atoms with Crippen molar-refractivity contribution in [1.29, 1.82) is 0 Å². The second-order valence-corrected chi connectivity index (χ2v) is 15.6. The van der Waals surface area contributed by atoms with Crippen molar-refractivity contribution in [3.8, 4) is 11.1 Å². The van der Waals surface area contributed by atoms with Gasteiger partial charge in [-0.3, -0.25) is 0 Å². The normalized spacial score (nSPS) is 13.6. The van der Waals surface area contributed by atoms with Gasteiger partial charge >= 0.3 is 12.1 Å². The lowest BCUT2D eigenvalue weighted by Gasteiger charge is -2.43. The highest BCUT2D eigenvalue weighted by Crippen LogP contribution is 2.44. The number of ether oxygens (including phenoxy) is 1. The Kier molecular flexibility index (Phi) is 8.10. The lowest BCUT2D eigenvalue weighted by molar-refractivity contribution is -0.140. The van der Waals surface area contributed by atoms with E-state index in [2.05, 4.69) is 38.2 Å². The molecule has 2 N–H and O–H groups in total. The smallest absolute Gasteiger partial charge is 0.407 e. The van der Waals surface area contributed by atoms with E-state index in [1.807, 2.05) is 97.1 Å². The van der Waals surface area contributed by atoms with Crippen molar-refractivity contribution >= 4 is 30.8 Å². The summed E-state index contributed by atoms with van der Waals surface area (Å²) >= 11 is 0. The molecule has 4 aromatic carbocycles. The number of carbonyl (C=O) groups is 2. The van der Waals surface area contributed by atoms with Gasteiger partial charge in [0, 0.05) is 5.92 Å². The van der Waals surface area contributed by atoms with Crippen molar-refractivity contribution in [3.63, 3.8) is 0 Å². The standard InChI is InChI=1S/C34H35NO5Si/c1-34(2,3)41(24-14-6-4-7-15-24,25-16-8-5-9-17-25)40-23-31(32(36)37)35-33(38)39-22-30-28-20-12-10-18-26(28)27-19-11-13-21-29(27)30/h4-21,30-31H,22-23H2,1-3H3,(H,35,38)(H,36,37)/t31-/m0/s1. The number of alkyl carbamates (subject to hydrolysis) is 1. The number of carbonyl (C=O) groups excluding carboxylic acids is 1. The maximum atomic E-state index is 13.0. The van der Waals surface area contributed by atoms with Gasteiger partial charge in [-0.15, -0.1) is 0 Å². The minimum absolute atomic E-state index is 0.0990. The van der Waals surface area contributed by atoms with Gasteiger partial charge in [0.25, 0.3) is 8.32 Å². The third kappa shape index (κ3) is 5.55. The second-order valence-electron chi connectivity index (χ2n) is 11.3. The highest BCUT2D eigenvalue weighted by Gasteiger charge is 2.50. The summed E-state index contributed by atoms with van der Waals surface area (Å²) in [7, 11) is -2.98. The average Bonchev–Trinajstić information content (AvgIpc) is 3.29. The van der Waals surface area contributed by atoms with Gasteiger partial charge in [-0.1, -0.05) is 130 Å². The van der Waals surface area contributed by atoms with Gasteiger partial charge in [0.15, 0.2) is 6.04 Å². The van der Waals surface area contributed by atoms with Crippen LogP contribution in [0.25, 0.3) is 11.1 Å². The van der Waals surface area contributed by atoms with Crippen molar-refractivity contribution in [2.24, 2.45) is 0 Å². The van der Waals surface area contributed by atoms with E-state index >= 15 is 0 Å². The van der Waals surface area contributed by atoms with Crippen LogP contribution in [0.1, 0.15) is 37.8 Å². The van der Waals surface area contributed by atoms with Crippen LogP contribution in [0.2, 0.25) is 5.04 Å². The zero-order valence-electron chi connectivity index (χ0n) is 23.5. The first-order valence-corrected chi connectivity index (χ1v) is 15.7. The zero-order chi connectivity index (χ0) is 29.0. The van der Waals surface area contributed by atoms with Crippen LogP contribution < -0.4 is 15.7 Å². The Balaban J connectivity index is 1.34. The second kappa shape index (κ2) is 11.7. The predicted octanol–water partition coefficient (Wildman–Crippen LogP) is 5.55. The fourth-order valence-corrected chi connectivity index (χ4v) is 10.5. The molecule has 1 amide bonds. The van der Waals surface area contributed by atoms with E-state index in [1.165, 1.54) is 0 Å².